The molecule has 2 heterocycles. The van der Waals surface area contributed by atoms with E-state index < -0.39 is 0 Å². The first-order valence-electron chi connectivity index (χ1n) is 7.16. The van der Waals surface area contributed by atoms with Crippen LogP contribution in [0.25, 0.3) is 10.1 Å². The number of aliphatic hydroxyl groups excluding tert-OH is 1. The molecule has 0 aliphatic carbocycles. The van der Waals surface area contributed by atoms with Crippen LogP contribution < -0.4 is 0 Å². The van der Waals surface area contributed by atoms with Crippen molar-refractivity contribution in [1.82, 2.24) is 4.90 Å². The Morgan fingerprint density at radius 2 is 2.00 bits per heavy atom. The Bertz CT molecular complexity index is 495. The molecule has 0 bridgehead atoms. The minimum Gasteiger partial charge on any atom is -0.396 e. The van der Waals surface area contributed by atoms with Crippen LogP contribution in [-0.4, -0.2) is 29.7 Å². The molecular formula is C16H21NOS. The standard InChI is InChI=1S/C16H21NOS/c18-10-7-13-5-8-17(9-6-13)12-15-11-14-3-1-2-4-16(14)19-15/h1-4,11,13,18H,5-10,12H2. The zero-order chi connectivity index (χ0) is 13.1. The van der Waals surface area contributed by atoms with Crippen molar-refractivity contribution in [2.45, 2.75) is 25.8 Å². The van der Waals surface area contributed by atoms with Crippen LogP contribution in [0.2, 0.25) is 0 Å². The first-order valence-corrected chi connectivity index (χ1v) is 7.97. The van der Waals surface area contributed by atoms with E-state index in [0.29, 0.717) is 6.61 Å². The molecule has 0 atom stereocenters. The second-order valence-electron chi connectivity index (χ2n) is 5.48. The van der Waals surface area contributed by atoms with E-state index in [0.717, 1.165) is 18.9 Å². The third-order valence-electron chi connectivity index (χ3n) is 4.10. The van der Waals surface area contributed by atoms with Gasteiger partial charge in [0.15, 0.2) is 0 Å². The summed E-state index contributed by atoms with van der Waals surface area (Å²) in [5.41, 5.74) is 0. The first kappa shape index (κ1) is 13.1. The maximum Gasteiger partial charge on any atom is 0.0433 e. The van der Waals surface area contributed by atoms with E-state index in [1.54, 1.807) is 0 Å². The Morgan fingerprint density at radius 3 is 2.74 bits per heavy atom. The normalized spacial score (nSPS) is 18.2. The van der Waals surface area contributed by atoms with Crippen LogP contribution in [0.1, 0.15) is 24.1 Å². The first-order chi connectivity index (χ1) is 9.35. The van der Waals surface area contributed by atoms with Gasteiger partial charge in [-0.25, -0.2) is 0 Å². The lowest BCUT2D eigenvalue weighted by Crippen LogP contribution is -2.33. The molecule has 0 radical (unpaired) electrons. The predicted octanol–water partition coefficient (Wildman–Crippen LogP) is 3.50. The summed E-state index contributed by atoms with van der Waals surface area (Å²) in [6.45, 7) is 3.80. The smallest absolute Gasteiger partial charge is 0.0433 e. The molecule has 2 nitrogen and oxygen atoms in total. The van der Waals surface area contributed by atoms with Gasteiger partial charge in [0.2, 0.25) is 0 Å². The summed E-state index contributed by atoms with van der Waals surface area (Å²) in [7, 11) is 0. The molecular weight excluding hydrogens is 254 g/mol. The van der Waals surface area contributed by atoms with E-state index in [2.05, 4.69) is 35.2 Å². The molecule has 1 saturated heterocycles. The van der Waals surface area contributed by atoms with Crippen molar-refractivity contribution in [3.05, 3.63) is 35.2 Å². The van der Waals surface area contributed by atoms with Crippen molar-refractivity contribution in [1.29, 1.82) is 0 Å². The Kier molecular flexibility index (Phi) is 4.16. The maximum absolute atomic E-state index is 8.99. The second kappa shape index (κ2) is 6.04. The van der Waals surface area contributed by atoms with Crippen LogP contribution in [0.15, 0.2) is 30.3 Å². The van der Waals surface area contributed by atoms with Crippen molar-refractivity contribution in [2.75, 3.05) is 19.7 Å². The van der Waals surface area contributed by atoms with Gasteiger partial charge in [0.1, 0.15) is 0 Å². The van der Waals surface area contributed by atoms with Gasteiger partial charge in [-0.05, 0) is 55.8 Å². The molecule has 0 amide bonds. The number of aliphatic hydroxyl groups is 1. The van der Waals surface area contributed by atoms with Gasteiger partial charge in [0, 0.05) is 22.7 Å². The summed E-state index contributed by atoms with van der Waals surface area (Å²) in [4.78, 5) is 4.03. The molecule has 3 heteroatoms. The minimum absolute atomic E-state index is 0.348. The third-order valence-corrected chi connectivity index (χ3v) is 5.20. The summed E-state index contributed by atoms with van der Waals surface area (Å²) in [6, 6.07) is 11.0. The number of hydrogen-bond acceptors (Lipinski definition) is 3. The van der Waals surface area contributed by atoms with E-state index >= 15 is 0 Å². The van der Waals surface area contributed by atoms with Gasteiger partial charge in [-0.1, -0.05) is 18.2 Å². The summed E-state index contributed by atoms with van der Waals surface area (Å²) in [6.07, 6.45) is 3.47. The lowest BCUT2D eigenvalue weighted by Gasteiger charge is -2.31. The van der Waals surface area contributed by atoms with Gasteiger partial charge in [0.05, 0.1) is 0 Å². The summed E-state index contributed by atoms with van der Waals surface area (Å²) >= 11 is 1.92. The highest BCUT2D eigenvalue weighted by atomic mass is 32.1. The summed E-state index contributed by atoms with van der Waals surface area (Å²) in [5, 5.41) is 10.4. The van der Waals surface area contributed by atoms with Crippen molar-refractivity contribution in [2.24, 2.45) is 5.92 Å². The molecule has 1 aliphatic heterocycles. The lowest BCUT2D eigenvalue weighted by atomic mass is 9.94. The van der Waals surface area contributed by atoms with Crippen molar-refractivity contribution in [3.8, 4) is 0 Å². The fourth-order valence-electron chi connectivity index (χ4n) is 2.95. The quantitative estimate of drug-likeness (QED) is 0.923. The van der Waals surface area contributed by atoms with E-state index in [1.165, 1.54) is 40.9 Å². The Balaban J connectivity index is 1.60. The zero-order valence-corrected chi connectivity index (χ0v) is 12.0. The lowest BCUT2D eigenvalue weighted by molar-refractivity contribution is 0.154. The average molecular weight is 275 g/mol. The molecule has 0 spiro atoms. The molecule has 1 aliphatic rings. The van der Waals surface area contributed by atoms with E-state index in [-0.39, 0.29) is 0 Å². The fourth-order valence-corrected chi connectivity index (χ4v) is 4.06. The molecule has 0 unspecified atom stereocenters. The fraction of sp³-hybridized carbons (Fsp3) is 0.500. The number of hydrogen-bond donors (Lipinski definition) is 1. The molecule has 1 N–H and O–H groups in total. The summed E-state index contributed by atoms with van der Waals surface area (Å²) in [5.74, 6) is 0.739. The van der Waals surface area contributed by atoms with Crippen molar-refractivity contribution in [3.63, 3.8) is 0 Å². The molecule has 3 rings (SSSR count). The molecule has 1 aromatic carbocycles. The molecule has 1 aromatic heterocycles. The van der Waals surface area contributed by atoms with Gasteiger partial charge in [-0.3, -0.25) is 4.90 Å². The largest absolute Gasteiger partial charge is 0.396 e. The Labute approximate surface area is 118 Å². The number of piperidine rings is 1. The predicted molar refractivity (Wildman–Crippen MR) is 81.5 cm³/mol. The van der Waals surface area contributed by atoms with Gasteiger partial charge >= 0.3 is 0 Å². The minimum atomic E-state index is 0.348. The highest BCUT2D eigenvalue weighted by Crippen LogP contribution is 2.28. The van der Waals surface area contributed by atoms with Crippen LogP contribution in [-0.2, 0) is 6.54 Å². The molecule has 1 fully saturated rings. The van der Waals surface area contributed by atoms with Crippen LogP contribution in [0.3, 0.4) is 0 Å². The zero-order valence-electron chi connectivity index (χ0n) is 11.2. The monoisotopic (exact) mass is 275 g/mol. The molecule has 19 heavy (non-hydrogen) atoms. The molecule has 2 aromatic rings. The number of rotatable bonds is 4. The van der Waals surface area contributed by atoms with Crippen LogP contribution in [0.4, 0.5) is 0 Å². The number of benzene rings is 1. The third kappa shape index (κ3) is 3.16. The van der Waals surface area contributed by atoms with Gasteiger partial charge in [0.25, 0.3) is 0 Å². The van der Waals surface area contributed by atoms with E-state index in [1.807, 2.05) is 11.3 Å². The highest BCUT2D eigenvalue weighted by molar-refractivity contribution is 7.19. The highest BCUT2D eigenvalue weighted by Gasteiger charge is 2.19. The van der Waals surface area contributed by atoms with Gasteiger partial charge in [-0.15, -0.1) is 11.3 Å². The molecule has 0 saturated carbocycles. The average Bonchev–Trinajstić information content (AvgIpc) is 2.83. The van der Waals surface area contributed by atoms with Crippen LogP contribution >= 0.6 is 11.3 Å². The Morgan fingerprint density at radius 1 is 1.21 bits per heavy atom. The van der Waals surface area contributed by atoms with E-state index in [4.69, 9.17) is 5.11 Å². The number of fused-ring (bicyclic) bond motifs is 1. The number of nitrogens with zero attached hydrogens (tertiary/aromatic N) is 1. The Hall–Kier alpha value is -0.900. The summed E-state index contributed by atoms with van der Waals surface area (Å²) < 4.78 is 1.40. The SMILES string of the molecule is OCCC1CCN(Cc2cc3ccccc3s2)CC1. The van der Waals surface area contributed by atoms with Gasteiger partial charge < -0.3 is 5.11 Å². The van der Waals surface area contributed by atoms with Gasteiger partial charge in [-0.2, -0.15) is 0 Å². The second-order valence-corrected chi connectivity index (χ2v) is 6.65. The van der Waals surface area contributed by atoms with Crippen LogP contribution in [0, 0.1) is 5.92 Å². The molecule has 102 valence electrons. The van der Waals surface area contributed by atoms with Crippen molar-refractivity contribution >= 4 is 21.4 Å². The van der Waals surface area contributed by atoms with Crippen molar-refractivity contribution < 1.29 is 5.11 Å². The topological polar surface area (TPSA) is 23.5 Å². The number of likely N-dealkylation sites (tertiary alicyclic amines) is 1. The van der Waals surface area contributed by atoms with E-state index in [9.17, 15) is 0 Å². The van der Waals surface area contributed by atoms with Crippen LogP contribution in [0.5, 0.6) is 0 Å². The number of thiophene rings is 1. The maximum atomic E-state index is 8.99.